The number of para-hydroxylation sites is 3. The fraction of sp³-hybridized carbons (Fsp3) is 0.0392. The molecule has 0 N–H and O–H groups in total. The van der Waals surface area contributed by atoms with Gasteiger partial charge in [0.25, 0.3) is 0 Å². The minimum atomic E-state index is -0.0370. The Morgan fingerprint density at radius 3 is 1.62 bits per heavy atom. The van der Waals surface area contributed by atoms with Crippen molar-refractivity contribution in [2.75, 3.05) is 0 Å². The smallest absolute Gasteiger partial charge is 0.241 e. The number of hydrogen-bond donors (Lipinski definition) is 0. The molecule has 6 aromatic carbocycles. The van der Waals surface area contributed by atoms with E-state index in [0.717, 1.165) is 61.9 Å². The van der Waals surface area contributed by atoms with Crippen molar-refractivity contribution in [1.29, 1.82) is 0 Å². The number of nitrogens with zero attached hydrogens (tertiary/aromatic N) is 6. The molecular formula is C51H37BN6. The Hall–Kier alpha value is -7.51. The number of hydrogen-bond acceptors (Lipinski definition) is 3. The van der Waals surface area contributed by atoms with Crippen LogP contribution in [0.5, 0.6) is 0 Å². The van der Waals surface area contributed by atoms with Crippen molar-refractivity contribution in [3.8, 4) is 28.5 Å². The lowest BCUT2D eigenvalue weighted by atomic mass is 9.37. The zero-order valence-electron chi connectivity index (χ0n) is 32.2. The molecule has 0 unspecified atom stereocenters. The third-order valence-electron chi connectivity index (χ3n) is 11.6. The number of aryl methyl sites for hydroxylation is 1. The molecule has 0 spiro atoms. The molecule has 0 aliphatic heterocycles. The van der Waals surface area contributed by atoms with Crippen LogP contribution in [0.3, 0.4) is 0 Å². The Morgan fingerprint density at radius 2 is 0.983 bits per heavy atom. The van der Waals surface area contributed by atoms with E-state index in [0.29, 0.717) is 0 Å². The third kappa shape index (κ3) is 5.39. The molecule has 5 aromatic heterocycles. The average Bonchev–Trinajstić information content (AvgIpc) is 3.90. The molecule has 0 aliphatic rings. The summed E-state index contributed by atoms with van der Waals surface area (Å²) in [5.74, 6) is 1.77. The Kier molecular flexibility index (Phi) is 7.93. The quantitative estimate of drug-likeness (QED) is 0.153. The van der Waals surface area contributed by atoms with Crippen LogP contribution in [-0.4, -0.2) is 35.6 Å². The molecule has 0 saturated heterocycles. The van der Waals surface area contributed by atoms with Gasteiger partial charge in [-0.05, 0) is 80.1 Å². The van der Waals surface area contributed by atoms with Gasteiger partial charge in [0.05, 0.1) is 33.4 Å². The Balaban J connectivity index is 1.11. The summed E-state index contributed by atoms with van der Waals surface area (Å²) >= 11 is 0. The van der Waals surface area contributed by atoms with Crippen molar-refractivity contribution in [2.45, 2.75) is 13.8 Å². The molecule has 7 heteroatoms. The zero-order chi connectivity index (χ0) is 38.7. The summed E-state index contributed by atoms with van der Waals surface area (Å²) in [7, 11) is 0. The molecule has 0 bridgehead atoms. The van der Waals surface area contributed by atoms with Crippen molar-refractivity contribution in [2.24, 2.45) is 0 Å². The van der Waals surface area contributed by atoms with E-state index in [4.69, 9.17) is 15.1 Å². The maximum atomic E-state index is 5.04. The first-order chi connectivity index (χ1) is 28.6. The fourth-order valence-electron chi connectivity index (χ4n) is 9.11. The van der Waals surface area contributed by atoms with Gasteiger partial charge in [-0.15, -0.1) is 0 Å². The van der Waals surface area contributed by atoms with Crippen LogP contribution in [0, 0.1) is 13.8 Å². The van der Waals surface area contributed by atoms with Crippen molar-refractivity contribution >= 4 is 66.7 Å². The highest BCUT2D eigenvalue weighted by molar-refractivity contribution is 6.95. The second kappa shape index (κ2) is 13.6. The average molecular weight is 745 g/mol. The summed E-state index contributed by atoms with van der Waals surface area (Å²) in [6.07, 6.45) is 3.79. The van der Waals surface area contributed by atoms with Gasteiger partial charge in [0.15, 0.2) is 0 Å². The van der Waals surface area contributed by atoms with Gasteiger partial charge in [0.1, 0.15) is 11.6 Å². The minimum Gasteiger partial charge on any atom is -0.294 e. The summed E-state index contributed by atoms with van der Waals surface area (Å²) in [5.41, 5.74) is 13.5. The molecule has 0 aliphatic carbocycles. The van der Waals surface area contributed by atoms with Gasteiger partial charge >= 0.3 is 0 Å². The summed E-state index contributed by atoms with van der Waals surface area (Å²) in [6, 6.07) is 62.8. The Labute approximate surface area is 336 Å². The normalized spacial score (nSPS) is 11.6. The molecule has 11 aromatic rings. The molecular weight excluding hydrogens is 707 g/mol. The summed E-state index contributed by atoms with van der Waals surface area (Å²) in [4.78, 5) is 9.85. The van der Waals surface area contributed by atoms with Crippen molar-refractivity contribution in [3.05, 3.63) is 200 Å². The molecule has 0 radical (unpaired) electrons. The minimum absolute atomic E-state index is 0.0370. The standard InChI is InChI=1S/C51H37BN6/c1-34-51(35(2)58(55-34)40-17-7-4-8-18-40)36-28-30-54-50(31-36)57-46-22-12-10-20-42(46)44-27-25-39(33-48(44)57)52(37-15-5-3-6-16-37)38-24-26-43-41-19-9-11-21-45(41)56(47(43)32-38)49-23-13-14-29-53-49/h3-33H,1-2H3. The maximum Gasteiger partial charge on any atom is 0.241 e. The highest BCUT2D eigenvalue weighted by Crippen LogP contribution is 2.35. The van der Waals surface area contributed by atoms with Gasteiger partial charge in [-0.25, -0.2) is 14.6 Å². The predicted octanol–water partition coefficient (Wildman–Crippen LogP) is 9.66. The monoisotopic (exact) mass is 744 g/mol. The van der Waals surface area contributed by atoms with E-state index in [9.17, 15) is 0 Å². The van der Waals surface area contributed by atoms with Crippen LogP contribution in [-0.2, 0) is 0 Å². The first kappa shape index (κ1) is 33.8. The second-order valence-electron chi connectivity index (χ2n) is 15.0. The van der Waals surface area contributed by atoms with Gasteiger partial charge in [0.2, 0.25) is 6.71 Å². The van der Waals surface area contributed by atoms with Gasteiger partial charge < -0.3 is 0 Å². The van der Waals surface area contributed by atoms with E-state index < -0.39 is 0 Å². The van der Waals surface area contributed by atoms with Crippen LogP contribution in [0.25, 0.3) is 72.1 Å². The van der Waals surface area contributed by atoms with E-state index in [1.807, 2.05) is 29.2 Å². The van der Waals surface area contributed by atoms with E-state index in [1.54, 1.807) is 0 Å². The molecule has 58 heavy (non-hydrogen) atoms. The van der Waals surface area contributed by atoms with E-state index in [-0.39, 0.29) is 6.71 Å². The van der Waals surface area contributed by atoms with Crippen LogP contribution in [0.4, 0.5) is 0 Å². The van der Waals surface area contributed by atoms with E-state index >= 15 is 0 Å². The lowest BCUT2D eigenvalue weighted by molar-refractivity contribution is 0.834. The fourth-order valence-corrected chi connectivity index (χ4v) is 9.11. The highest BCUT2D eigenvalue weighted by atomic mass is 15.3. The number of fused-ring (bicyclic) bond motifs is 6. The van der Waals surface area contributed by atoms with Crippen LogP contribution in [0.2, 0.25) is 0 Å². The molecule has 11 rings (SSSR count). The molecule has 0 amide bonds. The van der Waals surface area contributed by atoms with E-state index in [1.165, 1.54) is 37.9 Å². The SMILES string of the molecule is Cc1nn(-c2ccccc2)c(C)c1-c1ccnc(-n2c3ccccc3c3ccc(B(c4ccccc4)c4ccc5c6ccccc6n(-c6ccccn6)c5c4)cc32)c1. The van der Waals surface area contributed by atoms with Gasteiger partial charge in [-0.3, -0.25) is 9.13 Å². The van der Waals surface area contributed by atoms with Gasteiger partial charge in [0, 0.05) is 45.2 Å². The van der Waals surface area contributed by atoms with Crippen LogP contribution < -0.4 is 16.4 Å². The lowest BCUT2D eigenvalue weighted by Crippen LogP contribution is -2.52. The number of benzene rings is 6. The van der Waals surface area contributed by atoms with Crippen LogP contribution in [0.15, 0.2) is 188 Å². The van der Waals surface area contributed by atoms with Gasteiger partial charge in [-0.1, -0.05) is 132 Å². The number of pyridine rings is 2. The van der Waals surface area contributed by atoms with E-state index in [2.05, 4.69) is 187 Å². The first-order valence-electron chi connectivity index (χ1n) is 19.7. The maximum absolute atomic E-state index is 5.04. The van der Waals surface area contributed by atoms with Gasteiger partial charge in [-0.2, -0.15) is 5.10 Å². The molecule has 0 fully saturated rings. The number of aromatic nitrogens is 6. The predicted molar refractivity (Wildman–Crippen MR) is 240 cm³/mol. The second-order valence-corrected chi connectivity index (χ2v) is 15.0. The van der Waals surface area contributed by atoms with Crippen molar-refractivity contribution in [3.63, 3.8) is 0 Å². The topological polar surface area (TPSA) is 53.5 Å². The van der Waals surface area contributed by atoms with Crippen molar-refractivity contribution in [1.82, 2.24) is 28.9 Å². The molecule has 274 valence electrons. The molecule has 6 nitrogen and oxygen atoms in total. The Bertz CT molecular complexity index is 3310. The van der Waals surface area contributed by atoms with Crippen LogP contribution >= 0.6 is 0 Å². The Morgan fingerprint density at radius 1 is 0.431 bits per heavy atom. The summed E-state index contributed by atoms with van der Waals surface area (Å²) in [5, 5.41) is 9.78. The van der Waals surface area contributed by atoms with Crippen LogP contribution in [0.1, 0.15) is 11.4 Å². The molecule has 0 atom stereocenters. The zero-order valence-corrected chi connectivity index (χ0v) is 32.2. The third-order valence-corrected chi connectivity index (χ3v) is 11.6. The highest BCUT2D eigenvalue weighted by Gasteiger charge is 2.26. The molecule has 0 saturated carbocycles. The van der Waals surface area contributed by atoms with Crippen molar-refractivity contribution < 1.29 is 0 Å². The molecule has 5 heterocycles. The number of rotatable bonds is 7. The largest absolute Gasteiger partial charge is 0.294 e. The first-order valence-corrected chi connectivity index (χ1v) is 19.7. The lowest BCUT2D eigenvalue weighted by Gasteiger charge is -2.17. The summed E-state index contributed by atoms with van der Waals surface area (Å²) in [6.45, 7) is 4.20. The summed E-state index contributed by atoms with van der Waals surface area (Å²) < 4.78 is 6.66.